The van der Waals surface area contributed by atoms with Crippen molar-refractivity contribution in [1.82, 2.24) is 4.90 Å². The van der Waals surface area contributed by atoms with E-state index in [0.29, 0.717) is 6.04 Å². The van der Waals surface area contributed by atoms with E-state index in [1.165, 1.54) is 18.3 Å². The highest BCUT2D eigenvalue weighted by molar-refractivity contribution is 7.80. The van der Waals surface area contributed by atoms with E-state index in [1.54, 1.807) is 0 Å². The van der Waals surface area contributed by atoms with Crippen LogP contribution in [0.5, 0.6) is 0 Å². The van der Waals surface area contributed by atoms with E-state index in [4.69, 9.17) is 17.5 Å². The zero-order valence-electron chi connectivity index (χ0n) is 18.3. The quantitative estimate of drug-likeness (QED) is 0.472. The fraction of sp³-hybridized carbons (Fsp3) is 0.520. The lowest BCUT2D eigenvalue weighted by atomic mass is 9.90. The maximum atomic E-state index is 13.3. The minimum absolute atomic E-state index is 0. The summed E-state index contributed by atoms with van der Waals surface area (Å²) in [7, 11) is 0. The number of hydrogen-bond donors (Lipinski definition) is 1. The van der Waals surface area contributed by atoms with E-state index >= 15 is 0 Å². The van der Waals surface area contributed by atoms with Gasteiger partial charge in [0, 0.05) is 30.1 Å². The molecule has 1 aromatic rings. The molecule has 30 heavy (non-hydrogen) atoms. The maximum absolute atomic E-state index is 13.3. The van der Waals surface area contributed by atoms with Crippen molar-refractivity contribution in [3.8, 4) is 6.07 Å². The molecule has 168 valence electrons. The number of benzene rings is 1. The zero-order valence-corrected chi connectivity index (χ0v) is 19.1. The van der Waals surface area contributed by atoms with Gasteiger partial charge in [-0.1, -0.05) is 58.8 Å². The van der Waals surface area contributed by atoms with E-state index in [2.05, 4.69) is 29.9 Å². The molecular weight excluding hydrogens is 393 g/mol. The molecule has 1 heterocycles. The van der Waals surface area contributed by atoms with Crippen LogP contribution in [0.2, 0.25) is 0 Å². The number of hydrogen-bond acceptors (Lipinski definition) is 4. The summed E-state index contributed by atoms with van der Waals surface area (Å²) >= 11 is 5.33. The maximum Gasteiger partial charge on any atom is 0.123 e. The lowest BCUT2D eigenvalue weighted by Crippen LogP contribution is -2.32. The van der Waals surface area contributed by atoms with Crippen LogP contribution in [0.25, 0.3) is 0 Å². The van der Waals surface area contributed by atoms with Crippen LogP contribution in [0.15, 0.2) is 49.3 Å². The van der Waals surface area contributed by atoms with E-state index in [0.717, 1.165) is 48.4 Å². The smallest absolute Gasteiger partial charge is 0.123 e. The number of nitrogens with zero attached hydrogens (tertiary/aromatic N) is 2. The van der Waals surface area contributed by atoms with Gasteiger partial charge in [0.05, 0.1) is 6.07 Å². The molecule has 3 atom stereocenters. The molecule has 5 heteroatoms. The van der Waals surface area contributed by atoms with Crippen LogP contribution in [0, 0.1) is 23.1 Å². The number of halogens is 1. The molecule has 0 saturated carbocycles. The normalized spacial score (nSPS) is 16.3. The Hall–Kier alpha value is -2.19. The predicted octanol–water partition coefficient (Wildman–Crippen LogP) is 6.97. The number of likely N-dealkylation sites (tertiary alicyclic amines) is 1. The second-order valence-electron chi connectivity index (χ2n) is 6.99. The summed E-state index contributed by atoms with van der Waals surface area (Å²) in [5.74, 6) is -0.120. The number of nitrogens with two attached hydrogens (primary N) is 1. The molecule has 1 aromatic carbocycles. The lowest BCUT2D eigenvalue weighted by Gasteiger charge is -2.34. The molecule has 0 radical (unpaired) electrons. The monoisotopic (exact) mass is 433 g/mol. The van der Waals surface area contributed by atoms with Crippen molar-refractivity contribution < 1.29 is 4.39 Å². The fourth-order valence-corrected chi connectivity index (χ4v) is 3.70. The van der Waals surface area contributed by atoms with E-state index in [9.17, 15) is 4.39 Å². The first-order chi connectivity index (χ1) is 13.8. The fourth-order valence-electron chi connectivity index (χ4n) is 3.53. The number of nitriles is 1. The summed E-state index contributed by atoms with van der Waals surface area (Å²) < 4.78 is 13.3. The summed E-state index contributed by atoms with van der Waals surface area (Å²) in [6.07, 6.45) is 5.06. The van der Waals surface area contributed by atoms with Crippen molar-refractivity contribution in [2.24, 2.45) is 11.7 Å². The molecule has 2 rings (SSSR count). The molecule has 1 fully saturated rings. The Bertz CT molecular complexity index is 679. The molecule has 2 N–H and O–H groups in total. The van der Waals surface area contributed by atoms with Gasteiger partial charge in [-0.05, 0) is 68.3 Å². The van der Waals surface area contributed by atoms with Crippen molar-refractivity contribution in [3.05, 3.63) is 60.7 Å². The van der Waals surface area contributed by atoms with Crippen molar-refractivity contribution in [3.63, 3.8) is 0 Å². The molecule has 1 aliphatic rings. The first-order valence-electron chi connectivity index (χ1n) is 10.3. The highest BCUT2D eigenvalue weighted by Crippen LogP contribution is 2.36. The Morgan fingerprint density at radius 2 is 1.93 bits per heavy atom. The van der Waals surface area contributed by atoms with Gasteiger partial charge in [-0.2, -0.15) is 5.26 Å². The molecule has 3 nitrogen and oxygen atoms in total. The van der Waals surface area contributed by atoms with Gasteiger partial charge in [0.25, 0.3) is 0 Å². The highest BCUT2D eigenvalue weighted by atomic mass is 32.1. The third-order valence-corrected chi connectivity index (χ3v) is 4.92. The van der Waals surface area contributed by atoms with Crippen LogP contribution in [-0.2, 0) is 0 Å². The van der Waals surface area contributed by atoms with Gasteiger partial charge >= 0.3 is 0 Å². The van der Waals surface area contributed by atoms with Gasteiger partial charge in [-0.15, -0.1) is 0 Å². The average Bonchev–Trinajstić information content (AvgIpc) is 3.16. The third kappa shape index (κ3) is 10.0. The molecule has 0 bridgehead atoms. The second-order valence-corrected chi connectivity index (χ2v) is 7.69. The molecule has 0 spiro atoms. The second kappa shape index (κ2) is 16.6. The largest absolute Gasteiger partial charge is 0.405 e. The van der Waals surface area contributed by atoms with Gasteiger partial charge < -0.3 is 10.6 Å². The van der Waals surface area contributed by atoms with Crippen LogP contribution in [0.1, 0.15) is 72.3 Å². The van der Waals surface area contributed by atoms with Crippen LogP contribution in [0.4, 0.5) is 4.39 Å². The van der Waals surface area contributed by atoms with Crippen molar-refractivity contribution in [2.75, 3.05) is 6.54 Å². The Morgan fingerprint density at radius 3 is 2.40 bits per heavy atom. The van der Waals surface area contributed by atoms with E-state index in [1.807, 2.05) is 39.8 Å². The van der Waals surface area contributed by atoms with Crippen LogP contribution < -0.4 is 5.73 Å². The molecule has 0 aliphatic carbocycles. The number of allylic oxidation sites excluding steroid dienone is 1. The Kier molecular flexibility index (Phi) is 16.6. The van der Waals surface area contributed by atoms with Gasteiger partial charge in [0.15, 0.2) is 0 Å². The third-order valence-electron chi connectivity index (χ3n) is 4.76. The molecular formula is C25H40FN3S. The first kappa shape index (κ1) is 30.0. The topological polar surface area (TPSA) is 53.0 Å². The first-order valence-corrected chi connectivity index (χ1v) is 10.7. The van der Waals surface area contributed by atoms with Crippen molar-refractivity contribution in [1.29, 1.82) is 5.26 Å². The van der Waals surface area contributed by atoms with Gasteiger partial charge in [-0.25, -0.2) is 4.39 Å². The molecule has 0 aromatic heterocycles. The van der Waals surface area contributed by atoms with Crippen molar-refractivity contribution in [2.45, 2.75) is 72.8 Å². The minimum Gasteiger partial charge on any atom is -0.405 e. The summed E-state index contributed by atoms with van der Waals surface area (Å²) in [4.78, 5) is 3.27. The van der Waals surface area contributed by atoms with Gasteiger partial charge in [0.2, 0.25) is 0 Å². The SMILES string of the molecule is C.C=C(C(CC(C)=S)c1ccc(F)cc1)N1CCCC1CC(C)C#N.C=CN.CC. The van der Waals surface area contributed by atoms with Gasteiger partial charge in [-0.3, -0.25) is 0 Å². The highest BCUT2D eigenvalue weighted by Gasteiger charge is 2.30. The van der Waals surface area contributed by atoms with Crippen LogP contribution in [0.3, 0.4) is 0 Å². The summed E-state index contributed by atoms with van der Waals surface area (Å²) in [6.45, 7) is 16.4. The summed E-state index contributed by atoms with van der Waals surface area (Å²) in [6, 6.07) is 9.33. The molecule has 0 amide bonds. The Balaban J connectivity index is 0. The molecule has 1 aliphatic heterocycles. The van der Waals surface area contributed by atoms with Crippen LogP contribution >= 0.6 is 12.2 Å². The standard InChI is InChI=1S/C20H25FN2S.C2H5N.C2H6.CH4/c1-14(13-22)11-19-5-4-10-23(19)16(3)20(12-15(2)24)17-6-8-18(21)9-7-17;1-2-3;1-2;/h6-9,14,19-20H,3-5,10-12H2,1-2H3;2H,1,3H2;1-2H3;1H4. The zero-order chi connectivity index (χ0) is 22.4. The van der Waals surface area contributed by atoms with Gasteiger partial charge in [0.1, 0.15) is 5.82 Å². The number of rotatable bonds is 7. The lowest BCUT2D eigenvalue weighted by molar-refractivity contribution is 0.275. The Morgan fingerprint density at radius 1 is 1.40 bits per heavy atom. The predicted molar refractivity (Wildman–Crippen MR) is 133 cm³/mol. The summed E-state index contributed by atoms with van der Waals surface area (Å²) in [5, 5.41) is 9.11. The molecule has 1 saturated heterocycles. The van der Waals surface area contributed by atoms with Crippen molar-refractivity contribution >= 4 is 17.1 Å². The summed E-state index contributed by atoms with van der Waals surface area (Å²) in [5.41, 5.74) is 6.70. The minimum atomic E-state index is -0.232. The van der Waals surface area contributed by atoms with Crippen LogP contribution in [-0.4, -0.2) is 22.4 Å². The Labute approximate surface area is 189 Å². The molecule has 3 unspecified atom stereocenters. The average molecular weight is 434 g/mol. The van der Waals surface area contributed by atoms with E-state index < -0.39 is 0 Å². The van der Waals surface area contributed by atoms with E-state index in [-0.39, 0.29) is 25.1 Å². The number of thiocarbonyl (C=S) groups is 1.